The van der Waals surface area contributed by atoms with Crippen molar-refractivity contribution in [3.8, 4) is 5.75 Å². The van der Waals surface area contributed by atoms with Gasteiger partial charge in [-0.05, 0) is 30.3 Å². The highest BCUT2D eigenvalue weighted by Crippen LogP contribution is 2.36. The van der Waals surface area contributed by atoms with Crippen LogP contribution in [0.1, 0.15) is 5.56 Å². The van der Waals surface area contributed by atoms with E-state index in [2.05, 4.69) is 4.98 Å². The lowest BCUT2D eigenvalue weighted by Crippen LogP contribution is -2.19. The number of hydrogen-bond acceptors (Lipinski definition) is 3. The smallest absolute Gasteiger partial charge is 0.410 e. The summed E-state index contributed by atoms with van der Waals surface area (Å²) in [5.41, 5.74) is -1.49. The number of pyridine rings is 1. The Morgan fingerprint density at radius 1 is 1.19 bits per heavy atom. The Hall–Kier alpha value is -2.28. The van der Waals surface area contributed by atoms with Gasteiger partial charge in [-0.3, -0.25) is 10.3 Å². The fourth-order valence-electron chi connectivity index (χ4n) is 1.51. The summed E-state index contributed by atoms with van der Waals surface area (Å²) >= 11 is 5.54. The fourth-order valence-corrected chi connectivity index (χ4v) is 1.68. The van der Waals surface area contributed by atoms with E-state index in [1.807, 2.05) is 5.32 Å². The van der Waals surface area contributed by atoms with Crippen molar-refractivity contribution >= 4 is 23.4 Å². The van der Waals surface area contributed by atoms with E-state index >= 15 is 0 Å². The van der Waals surface area contributed by atoms with Gasteiger partial charge >= 0.3 is 12.3 Å². The van der Waals surface area contributed by atoms with Crippen LogP contribution in [0, 0.1) is 0 Å². The van der Waals surface area contributed by atoms with Crippen LogP contribution >= 0.6 is 11.6 Å². The second kappa shape index (κ2) is 6.01. The molecule has 110 valence electrons. The molecule has 0 bridgehead atoms. The number of alkyl halides is 3. The van der Waals surface area contributed by atoms with Gasteiger partial charge in [0, 0.05) is 17.4 Å². The molecule has 1 heterocycles. The number of carbonyl (C=O) groups excluding carboxylic acids is 1. The summed E-state index contributed by atoms with van der Waals surface area (Å²) in [7, 11) is 0. The van der Waals surface area contributed by atoms with Gasteiger partial charge in [-0.25, -0.2) is 4.79 Å². The van der Waals surface area contributed by atoms with E-state index in [0.717, 1.165) is 12.1 Å². The van der Waals surface area contributed by atoms with Crippen LogP contribution in [0.15, 0.2) is 42.7 Å². The van der Waals surface area contributed by atoms with Crippen LogP contribution in [0.4, 0.5) is 23.7 Å². The molecule has 2 rings (SSSR count). The van der Waals surface area contributed by atoms with E-state index in [9.17, 15) is 18.0 Å². The van der Waals surface area contributed by atoms with Crippen LogP contribution in [-0.2, 0) is 6.18 Å². The molecule has 4 nitrogen and oxygen atoms in total. The SMILES string of the molecule is O=C(Nc1ccc(Cl)cc1C(F)(F)F)Oc1ccncc1. The van der Waals surface area contributed by atoms with Gasteiger partial charge < -0.3 is 4.74 Å². The van der Waals surface area contributed by atoms with E-state index in [1.54, 1.807) is 0 Å². The summed E-state index contributed by atoms with van der Waals surface area (Å²) in [6.45, 7) is 0. The molecular formula is C13H8ClF3N2O2. The molecular weight excluding hydrogens is 309 g/mol. The highest BCUT2D eigenvalue weighted by molar-refractivity contribution is 6.30. The lowest BCUT2D eigenvalue weighted by molar-refractivity contribution is -0.136. The third kappa shape index (κ3) is 4.09. The van der Waals surface area contributed by atoms with Crippen LogP contribution in [-0.4, -0.2) is 11.1 Å². The molecule has 0 spiro atoms. The number of benzene rings is 1. The largest absolute Gasteiger partial charge is 0.418 e. The zero-order valence-corrected chi connectivity index (χ0v) is 11.1. The van der Waals surface area contributed by atoms with Crippen LogP contribution in [0.25, 0.3) is 0 Å². The van der Waals surface area contributed by atoms with E-state index in [4.69, 9.17) is 16.3 Å². The van der Waals surface area contributed by atoms with Gasteiger partial charge in [-0.15, -0.1) is 0 Å². The van der Waals surface area contributed by atoms with Gasteiger partial charge in [-0.1, -0.05) is 11.6 Å². The number of hydrogen-bond donors (Lipinski definition) is 1. The maximum atomic E-state index is 12.8. The molecule has 0 atom stereocenters. The highest BCUT2D eigenvalue weighted by atomic mass is 35.5. The normalized spacial score (nSPS) is 11.0. The number of rotatable bonds is 2. The highest BCUT2D eigenvalue weighted by Gasteiger charge is 2.34. The first kappa shape index (κ1) is 15.1. The average Bonchev–Trinajstić information content (AvgIpc) is 2.40. The van der Waals surface area contributed by atoms with Gasteiger partial charge in [0.2, 0.25) is 0 Å². The molecule has 21 heavy (non-hydrogen) atoms. The second-order valence-electron chi connectivity index (χ2n) is 3.89. The third-order valence-electron chi connectivity index (χ3n) is 2.38. The molecule has 1 aromatic carbocycles. The first-order chi connectivity index (χ1) is 9.86. The van der Waals surface area contributed by atoms with Gasteiger partial charge in [0.05, 0.1) is 11.3 Å². The minimum Gasteiger partial charge on any atom is -0.410 e. The summed E-state index contributed by atoms with van der Waals surface area (Å²) in [5.74, 6) is 0.157. The van der Waals surface area contributed by atoms with Crippen molar-refractivity contribution in [1.82, 2.24) is 4.98 Å². The molecule has 0 aliphatic heterocycles. The Morgan fingerprint density at radius 3 is 2.48 bits per heavy atom. The first-order valence-electron chi connectivity index (χ1n) is 5.62. The van der Waals surface area contributed by atoms with Crippen molar-refractivity contribution in [3.63, 3.8) is 0 Å². The molecule has 0 aliphatic rings. The quantitative estimate of drug-likeness (QED) is 0.895. The standard InChI is InChI=1S/C13H8ClF3N2O2/c14-8-1-2-11(10(7-8)13(15,16)17)19-12(20)21-9-3-5-18-6-4-9/h1-7H,(H,19,20). The molecule has 1 amide bonds. The molecule has 0 fully saturated rings. The molecule has 0 radical (unpaired) electrons. The Balaban J connectivity index is 2.18. The lowest BCUT2D eigenvalue weighted by atomic mass is 10.1. The maximum Gasteiger partial charge on any atom is 0.418 e. The zero-order valence-electron chi connectivity index (χ0n) is 10.3. The second-order valence-corrected chi connectivity index (χ2v) is 4.32. The van der Waals surface area contributed by atoms with Gasteiger partial charge in [0.25, 0.3) is 0 Å². The Morgan fingerprint density at radius 2 is 1.86 bits per heavy atom. The van der Waals surface area contributed by atoms with Crippen LogP contribution in [0.3, 0.4) is 0 Å². The number of aromatic nitrogens is 1. The number of nitrogens with zero attached hydrogens (tertiary/aromatic N) is 1. The molecule has 0 unspecified atom stereocenters. The van der Waals surface area contributed by atoms with E-state index in [0.29, 0.717) is 0 Å². The number of nitrogens with one attached hydrogen (secondary N) is 1. The van der Waals surface area contributed by atoms with Crippen molar-refractivity contribution < 1.29 is 22.7 Å². The Kier molecular flexibility index (Phi) is 4.32. The van der Waals surface area contributed by atoms with Crippen molar-refractivity contribution in [2.24, 2.45) is 0 Å². The Labute approximate surface area is 122 Å². The summed E-state index contributed by atoms with van der Waals surface area (Å²) in [6.07, 6.45) is -2.93. The summed E-state index contributed by atoms with van der Waals surface area (Å²) in [6, 6.07) is 5.81. The Bertz CT molecular complexity index is 648. The molecule has 8 heteroatoms. The summed E-state index contributed by atoms with van der Waals surface area (Å²) in [5, 5.41) is 1.94. The van der Waals surface area contributed by atoms with Crippen molar-refractivity contribution in [2.45, 2.75) is 6.18 Å². The molecule has 0 saturated carbocycles. The van der Waals surface area contributed by atoms with Gasteiger partial charge in [0.1, 0.15) is 5.75 Å². The topological polar surface area (TPSA) is 51.2 Å². The van der Waals surface area contributed by atoms with E-state index < -0.39 is 23.5 Å². The number of amides is 1. The van der Waals surface area contributed by atoms with E-state index in [1.165, 1.54) is 30.6 Å². The monoisotopic (exact) mass is 316 g/mol. The van der Waals surface area contributed by atoms with Crippen molar-refractivity contribution in [1.29, 1.82) is 0 Å². The third-order valence-corrected chi connectivity index (χ3v) is 2.62. The van der Waals surface area contributed by atoms with E-state index in [-0.39, 0.29) is 10.8 Å². The van der Waals surface area contributed by atoms with Crippen LogP contribution < -0.4 is 10.1 Å². The predicted octanol–water partition coefficient (Wildman–Crippen LogP) is 4.36. The van der Waals surface area contributed by atoms with Crippen LogP contribution in [0.5, 0.6) is 5.75 Å². The maximum absolute atomic E-state index is 12.8. The van der Waals surface area contributed by atoms with Gasteiger partial charge in [0.15, 0.2) is 0 Å². The molecule has 1 aromatic heterocycles. The molecule has 0 aliphatic carbocycles. The number of ether oxygens (including phenoxy) is 1. The molecule has 2 aromatic rings. The fraction of sp³-hybridized carbons (Fsp3) is 0.0769. The number of anilines is 1. The number of carbonyl (C=O) groups is 1. The number of halogens is 4. The van der Waals surface area contributed by atoms with Crippen molar-refractivity contribution in [2.75, 3.05) is 5.32 Å². The van der Waals surface area contributed by atoms with Gasteiger partial charge in [-0.2, -0.15) is 13.2 Å². The summed E-state index contributed by atoms with van der Waals surface area (Å²) < 4.78 is 43.4. The first-order valence-corrected chi connectivity index (χ1v) is 5.99. The summed E-state index contributed by atoms with van der Waals surface area (Å²) in [4.78, 5) is 15.3. The molecule has 0 saturated heterocycles. The average molecular weight is 317 g/mol. The minimum absolute atomic E-state index is 0.0876. The molecule has 1 N–H and O–H groups in total. The van der Waals surface area contributed by atoms with Crippen LogP contribution in [0.2, 0.25) is 5.02 Å². The minimum atomic E-state index is -4.65. The zero-order chi connectivity index (χ0) is 15.5. The lowest BCUT2D eigenvalue weighted by Gasteiger charge is -2.14. The predicted molar refractivity (Wildman–Crippen MR) is 70.3 cm³/mol. The van der Waals surface area contributed by atoms with Crippen molar-refractivity contribution in [3.05, 3.63) is 53.3 Å².